The lowest BCUT2D eigenvalue weighted by atomic mass is 10.0. The molecule has 1 amide bonds. The molecule has 0 radical (unpaired) electrons. The molecule has 0 aliphatic carbocycles. The first-order valence-electron chi connectivity index (χ1n) is 11.4. The number of carbonyl (C=O) groups excluding carboxylic acids is 1. The SMILES string of the molecule is COc1cc(CN2CCC[C@@H]2c2cc(Cc3ccccc3)cc(C)n2)ccc1OCC(N)=O. The molecule has 6 heteroatoms. The maximum atomic E-state index is 11.0. The van der Waals surface area contributed by atoms with E-state index >= 15 is 0 Å². The van der Waals surface area contributed by atoms with E-state index in [-0.39, 0.29) is 12.6 Å². The van der Waals surface area contributed by atoms with E-state index in [4.69, 9.17) is 20.2 Å². The maximum Gasteiger partial charge on any atom is 0.255 e. The average Bonchev–Trinajstić information content (AvgIpc) is 3.26. The number of nitrogens with zero attached hydrogens (tertiary/aromatic N) is 2. The molecule has 1 fully saturated rings. The summed E-state index contributed by atoms with van der Waals surface area (Å²) in [7, 11) is 1.60. The Morgan fingerprint density at radius 3 is 2.64 bits per heavy atom. The zero-order valence-electron chi connectivity index (χ0n) is 19.3. The number of benzene rings is 2. The molecule has 4 rings (SSSR count). The average molecular weight is 446 g/mol. The lowest BCUT2D eigenvalue weighted by molar-refractivity contribution is -0.119. The van der Waals surface area contributed by atoms with Crippen LogP contribution in [-0.2, 0) is 17.8 Å². The molecule has 2 aromatic carbocycles. The summed E-state index contributed by atoms with van der Waals surface area (Å²) in [5.41, 5.74) is 11.1. The van der Waals surface area contributed by atoms with Crippen LogP contribution in [0.15, 0.2) is 60.7 Å². The van der Waals surface area contributed by atoms with Crippen LogP contribution in [0.3, 0.4) is 0 Å². The molecule has 6 nitrogen and oxygen atoms in total. The summed E-state index contributed by atoms with van der Waals surface area (Å²) in [5.74, 6) is 0.602. The van der Waals surface area contributed by atoms with Crippen molar-refractivity contribution >= 4 is 5.91 Å². The highest BCUT2D eigenvalue weighted by Gasteiger charge is 2.28. The highest BCUT2D eigenvalue weighted by molar-refractivity contribution is 5.75. The third-order valence-corrected chi connectivity index (χ3v) is 5.97. The van der Waals surface area contributed by atoms with E-state index in [9.17, 15) is 4.79 Å². The largest absolute Gasteiger partial charge is 0.493 e. The number of aromatic nitrogens is 1. The summed E-state index contributed by atoms with van der Waals surface area (Å²) in [6.07, 6.45) is 3.15. The summed E-state index contributed by atoms with van der Waals surface area (Å²) >= 11 is 0. The van der Waals surface area contributed by atoms with Crippen molar-refractivity contribution in [2.45, 2.75) is 38.8 Å². The Labute approximate surface area is 195 Å². The first-order chi connectivity index (χ1) is 16.0. The van der Waals surface area contributed by atoms with E-state index in [1.807, 2.05) is 18.2 Å². The molecule has 1 saturated heterocycles. The Hall–Kier alpha value is -3.38. The molecule has 2 heterocycles. The third kappa shape index (κ3) is 5.90. The lowest BCUT2D eigenvalue weighted by Gasteiger charge is -2.25. The van der Waals surface area contributed by atoms with Gasteiger partial charge in [-0.3, -0.25) is 14.7 Å². The quantitative estimate of drug-likeness (QED) is 0.534. The van der Waals surface area contributed by atoms with E-state index in [0.717, 1.165) is 49.3 Å². The molecule has 172 valence electrons. The molecule has 1 aliphatic heterocycles. The van der Waals surface area contributed by atoms with Gasteiger partial charge in [-0.05, 0) is 73.7 Å². The maximum absolute atomic E-state index is 11.0. The molecule has 0 spiro atoms. The number of pyridine rings is 1. The number of likely N-dealkylation sites (tertiary alicyclic amines) is 1. The summed E-state index contributed by atoms with van der Waals surface area (Å²) in [6.45, 7) is 3.72. The number of aryl methyl sites for hydroxylation is 1. The second kappa shape index (κ2) is 10.5. The van der Waals surface area contributed by atoms with Crippen molar-refractivity contribution in [3.8, 4) is 11.5 Å². The van der Waals surface area contributed by atoms with Crippen LogP contribution < -0.4 is 15.2 Å². The number of carbonyl (C=O) groups is 1. The van der Waals surface area contributed by atoms with Crippen molar-refractivity contribution in [3.05, 3.63) is 88.7 Å². The summed E-state index contributed by atoms with van der Waals surface area (Å²) in [5, 5.41) is 0. The van der Waals surface area contributed by atoms with Crippen LogP contribution in [0.2, 0.25) is 0 Å². The Kier molecular flexibility index (Phi) is 7.25. The minimum atomic E-state index is -0.515. The number of amides is 1. The predicted octanol–water partition coefficient (Wildman–Crippen LogP) is 4.19. The van der Waals surface area contributed by atoms with Crippen LogP contribution >= 0.6 is 0 Å². The number of hydrogen-bond acceptors (Lipinski definition) is 5. The molecular formula is C27H31N3O3. The number of ether oxygens (including phenoxy) is 2. The molecule has 1 aromatic heterocycles. The van der Waals surface area contributed by atoms with E-state index in [1.54, 1.807) is 7.11 Å². The smallest absolute Gasteiger partial charge is 0.255 e. The standard InChI is InChI=1S/C27H31N3O3/c1-19-13-22(14-20-7-4-3-5-8-20)15-23(29-19)24-9-6-12-30(24)17-21-10-11-25(26(16-21)32-2)33-18-27(28)31/h3-5,7-8,10-11,13,15-16,24H,6,9,12,14,17-18H2,1-2H3,(H2,28,31)/t24-/m1/s1. The fourth-order valence-electron chi connectivity index (χ4n) is 4.54. The first kappa shape index (κ1) is 22.8. The Balaban J connectivity index is 1.51. The van der Waals surface area contributed by atoms with Crippen molar-refractivity contribution in [2.75, 3.05) is 20.3 Å². The van der Waals surface area contributed by atoms with Gasteiger partial charge < -0.3 is 15.2 Å². The fourth-order valence-corrected chi connectivity index (χ4v) is 4.54. The van der Waals surface area contributed by atoms with Crippen LogP contribution in [0.5, 0.6) is 11.5 Å². The zero-order chi connectivity index (χ0) is 23.2. The summed E-state index contributed by atoms with van der Waals surface area (Å²) in [6, 6.07) is 21.1. The molecule has 0 unspecified atom stereocenters. The van der Waals surface area contributed by atoms with Crippen LogP contribution in [0.25, 0.3) is 0 Å². The highest BCUT2D eigenvalue weighted by Crippen LogP contribution is 2.35. The van der Waals surface area contributed by atoms with Gasteiger partial charge >= 0.3 is 0 Å². The monoisotopic (exact) mass is 445 g/mol. The predicted molar refractivity (Wildman–Crippen MR) is 128 cm³/mol. The minimum Gasteiger partial charge on any atom is -0.493 e. The van der Waals surface area contributed by atoms with Crippen LogP contribution in [0, 0.1) is 6.92 Å². The van der Waals surface area contributed by atoms with Gasteiger partial charge in [0.15, 0.2) is 18.1 Å². The van der Waals surface area contributed by atoms with Crippen LogP contribution in [-0.4, -0.2) is 36.1 Å². The second-order valence-electron chi connectivity index (χ2n) is 8.57. The molecule has 1 atom stereocenters. The molecule has 33 heavy (non-hydrogen) atoms. The van der Waals surface area contributed by atoms with Crippen LogP contribution in [0.4, 0.5) is 0 Å². The molecule has 1 aliphatic rings. The van der Waals surface area contributed by atoms with Crippen molar-refractivity contribution in [3.63, 3.8) is 0 Å². The lowest BCUT2D eigenvalue weighted by Crippen LogP contribution is -2.24. The second-order valence-corrected chi connectivity index (χ2v) is 8.57. The van der Waals surface area contributed by atoms with Crippen LogP contribution in [0.1, 0.15) is 47.0 Å². The van der Waals surface area contributed by atoms with Gasteiger partial charge in [0.1, 0.15) is 0 Å². The van der Waals surface area contributed by atoms with Crippen molar-refractivity contribution in [2.24, 2.45) is 5.73 Å². The zero-order valence-corrected chi connectivity index (χ0v) is 19.3. The topological polar surface area (TPSA) is 77.7 Å². The molecule has 0 bridgehead atoms. The van der Waals surface area contributed by atoms with Gasteiger partial charge in [0.2, 0.25) is 0 Å². The Bertz CT molecular complexity index is 1100. The highest BCUT2D eigenvalue weighted by atomic mass is 16.5. The number of rotatable bonds is 9. The molecular weight excluding hydrogens is 414 g/mol. The first-order valence-corrected chi connectivity index (χ1v) is 11.4. The third-order valence-electron chi connectivity index (χ3n) is 5.97. The number of methoxy groups -OCH3 is 1. The van der Waals surface area contributed by atoms with Gasteiger partial charge in [0.05, 0.1) is 18.8 Å². The number of primary amides is 1. The van der Waals surface area contributed by atoms with E-state index in [1.165, 1.54) is 11.1 Å². The van der Waals surface area contributed by atoms with Gasteiger partial charge in [-0.25, -0.2) is 0 Å². The number of nitrogens with two attached hydrogens (primary N) is 1. The van der Waals surface area contributed by atoms with Crippen molar-refractivity contribution < 1.29 is 14.3 Å². The van der Waals surface area contributed by atoms with Crippen molar-refractivity contribution in [1.82, 2.24) is 9.88 Å². The fraction of sp³-hybridized carbons (Fsp3) is 0.333. The van der Waals surface area contributed by atoms with E-state index in [2.05, 4.69) is 54.3 Å². The van der Waals surface area contributed by atoms with Gasteiger partial charge in [-0.2, -0.15) is 0 Å². The van der Waals surface area contributed by atoms with Gasteiger partial charge in [-0.1, -0.05) is 36.4 Å². The Morgan fingerprint density at radius 1 is 1.06 bits per heavy atom. The molecule has 3 aromatic rings. The molecule has 0 saturated carbocycles. The van der Waals surface area contributed by atoms with E-state index < -0.39 is 5.91 Å². The minimum absolute atomic E-state index is 0.172. The Morgan fingerprint density at radius 2 is 1.88 bits per heavy atom. The van der Waals surface area contributed by atoms with Gasteiger partial charge in [0, 0.05) is 12.2 Å². The summed E-state index contributed by atoms with van der Waals surface area (Å²) < 4.78 is 10.9. The van der Waals surface area contributed by atoms with E-state index in [0.29, 0.717) is 11.5 Å². The normalized spacial score (nSPS) is 16.0. The van der Waals surface area contributed by atoms with Gasteiger partial charge in [-0.15, -0.1) is 0 Å². The summed E-state index contributed by atoms with van der Waals surface area (Å²) in [4.78, 5) is 18.4. The number of hydrogen-bond donors (Lipinski definition) is 1. The van der Waals surface area contributed by atoms with Gasteiger partial charge in [0.25, 0.3) is 5.91 Å². The molecule has 2 N–H and O–H groups in total. The van der Waals surface area contributed by atoms with Crippen molar-refractivity contribution in [1.29, 1.82) is 0 Å².